The molecule has 8 heteroatoms. The first-order valence-corrected chi connectivity index (χ1v) is 16.3. The van der Waals surface area contributed by atoms with Crippen LogP contribution in [0.3, 0.4) is 0 Å². The highest BCUT2D eigenvalue weighted by atomic mass is 16.3. The Balaban J connectivity index is 1.03. The largest absolute Gasteiger partial charge is 0.388 e. The average molecular weight is 616 g/mol. The van der Waals surface area contributed by atoms with Gasteiger partial charge in [0.05, 0.1) is 17.5 Å². The molecular weight excluding hydrogens is 574 g/mol. The van der Waals surface area contributed by atoms with E-state index < -0.39 is 5.60 Å². The molecule has 5 aromatic rings. The lowest BCUT2D eigenvalue weighted by Crippen LogP contribution is -2.53. The number of aryl methyl sites for hydroxylation is 1. The fraction of sp³-hybridized carbons (Fsp3) is 0.342. The van der Waals surface area contributed by atoms with Gasteiger partial charge >= 0.3 is 0 Å². The van der Waals surface area contributed by atoms with Gasteiger partial charge in [-0.25, -0.2) is 4.98 Å². The lowest BCUT2D eigenvalue weighted by atomic mass is 9.79. The van der Waals surface area contributed by atoms with Gasteiger partial charge in [-0.2, -0.15) is 0 Å². The fourth-order valence-corrected chi connectivity index (χ4v) is 7.38. The molecule has 7 rings (SSSR count). The number of carbonyl (C=O) groups excluding carboxylic acids is 1. The maximum atomic E-state index is 14.1. The van der Waals surface area contributed by atoms with Gasteiger partial charge in [-0.1, -0.05) is 78.9 Å². The molecule has 0 bridgehead atoms. The van der Waals surface area contributed by atoms with Gasteiger partial charge in [-0.05, 0) is 60.2 Å². The lowest BCUT2D eigenvalue weighted by Gasteiger charge is -2.43. The number of aliphatic hydroxyl groups is 1. The summed E-state index contributed by atoms with van der Waals surface area (Å²) >= 11 is 0. The highest BCUT2D eigenvalue weighted by molar-refractivity contribution is 5.80. The van der Waals surface area contributed by atoms with Crippen LogP contribution in [-0.4, -0.2) is 66.7 Å². The van der Waals surface area contributed by atoms with Crippen LogP contribution in [0.25, 0.3) is 22.2 Å². The minimum absolute atomic E-state index is 0.0859. The van der Waals surface area contributed by atoms with E-state index in [0.717, 1.165) is 26.1 Å². The Morgan fingerprint density at radius 3 is 2.39 bits per heavy atom. The number of nitrogens with zero attached hydrogens (tertiary/aromatic N) is 5. The number of fused-ring (bicyclic) bond motifs is 1. The van der Waals surface area contributed by atoms with Crippen LogP contribution in [-0.2, 0) is 24.9 Å². The Hall–Kier alpha value is -4.53. The number of hydrogen-bond donors (Lipinski definition) is 1. The van der Waals surface area contributed by atoms with Crippen molar-refractivity contribution in [3.8, 4) is 11.1 Å². The first-order chi connectivity index (χ1) is 22.4. The molecule has 2 fully saturated rings. The number of piperidine rings is 2. The summed E-state index contributed by atoms with van der Waals surface area (Å²) in [6, 6.07) is 31.4. The summed E-state index contributed by atoms with van der Waals surface area (Å²) in [5.41, 5.74) is 4.31. The van der Waals surface area contributed by atoms with Gasteiger partial charge in [0.2, 0.25) is 5.91 Å². The van der Waals surface area contributed by atoms with Crippen LogP contribution in [0.4, 0.5) is 0 Å². The summed E-state index contributed by atoms with van der Waals surface area (Å²) in [5, 5.41) is 12.0. The third-order valence-corrected chi connectivity index (χ3v) is 10.0. The molecule has 1 N–H and O–H groups in total. The Kier molecular flexibility index (Phi) is 8.32. The first-order valence-electron chi connectivity index (χ1n) is 16.3. The monoisotopic (exact) mass is 615 g/mol. The van der Waals surface area contributed by atoms with Crippen molar-refractivity contribution in [2.75, 3.05) is 26.2 Å². The molecule has 2 aliphatic heterocycles. The maximum absolute atomic E-state index is 14.1. The number of hydrogen-bond acceptors (Lipinski definition) is 5. The molecule has 0 aliphatic carbocycles. The van der Waals surface area contributed by atoms with Crippen LogP contribution >= 0.6 is 0 Å². The second-order valence-electron chi connectivity index (χ2n) is 13.1. The van der Waals surface area contributed by atoms with Crippen molar-refractivity contribution in [3.05, 3.63) is 125 Å². The van der Waals surface area contributed by atoms with E-state index in [1.807, 2.05) is 34.8 Å². The van der Waals surface area contributed by atoms with Gasteiger partial charge in [0, 0.05) is 51.3 Å². The van der Waals surface area contributed by atoms with Crippen LogP contribution in [0.5, 0.6) is 0 Å². The molecule has 236 valence electrons. The van der Waals surface area contributed by atoms with E-state index in [4.69, 9.17) is 0 Å². The van der Waals surface area contributed by atoms with Crippen LogP contribution < -0.4 is 5.56 Å². The zero-order chi connectivity index (χ0) is 31.7. The average Bonchev–Trinajstić information content (AvgIpc) is 3.48. The van der Waals surface area contributed by atoms with Crippen LogP contribution in [0.2, 0.25) is 0 Å². The Morgan fingerprint density at radius 1 is 0.913 bits per heavy atom. The van der Waals surface area contributed by atoms with E-state index in [0.29, 0.717) is 37.0 Å². The van der Waals surface area contributed by atoms with E-state index in [1.165, 1.54) is 33.1 Å². The Labute approximate surface area is 269 Å². The SMILES string of the molecule is Cn1ccc2c(=O)n(CC3(O)CCN(C(=O)[C@@H]4CCN(Cc5cccc(-c6ccccc6)c5)C[C@H]4c4ccccc4)CC3)cnc21. The van der Waals surface area contributed by atoms with Gasteiger partial charge < -0.3 is 14.6 Å². The quantitative estimate of drug-likeness (QED) is 0.277. The molecule has 2 aromatic heterocycles. The Morgan fingerprint density at radius 2 is 1.63 bits per heavy atom. The maximum Gasteiger partial charge on any atom is 0.262 e. The fourth-order valence-electron chi connectivity index (χ4n) is 7.38. The minimum atomic E-state index is -1.07. The third-order valence-electron chi connectivity index (χ3n) is 10.0. The van der Waals surface area contributed by atoms with Crippen molar-refractivity contribution in [1.29, 1.82) is 0 Å². The second-order valence-corrected chi connectivity index (χ2v) is 13.1. The number of carbonyl (C=O) groups is 1. The van der Waals surface area contributed by atoms with Gasteiger partial charge in [0.15, 0.2) is 0 Å². The summed E-state index contributed by atoms with van der Waals surface area (Å²) in [4.78, 5) is 36.1. The smallest absolute Gasteiger partial charge is 0.262 e. The summed E-state index contributed by atoms with van der Waals surface area (Å²) in [5.74, 6) is 0.141. The minimum Gasteiger partial charge on any atom is -0.388 e. The van der Waals surface area contributed by atoms with Crippen molar-refractivity contribution in [1.82, 2.24) is 23.9 Å². The highest BCUT2D eigenvalue weighted by Crippen LogP contribution is 2.36. The molecule has 0 radical (unpaired) electrons. The molecule has 2 saturated heterocycles. The number of aromatic nitrogens is 3. The molecule has 4 heterocycles. The standard InChI is InChI=1S/C38H41N5O3/c1-40-19-15-33-35(40)39-27-43(37(33)45)26-38(46)17-21-42(22-18-38)36(44)32-16-20-41(25-34(32)30-12-6-3-7-13-30)24-28-9-8-14-31(23-28)29-10-4-2-5-11-29/h2-15,19,23,27,32,34,46H,16-18,20-22,24-26H2,1H3/t32-,34+/m1/s1. The number of benzene rings is 3. The van der Waals surface area contributed by atoms with E-state index in [2.05, 4.69) is 82.7 Å². The molecule has 8 nitrogen and oxygen atoms in total. The molecule has 1 amide bonds. The normalized spacial score (nSPS) is 20.2. The van der Waals surface area contributed by atoms with Gasteiger partial charge in [-0.3, -0.25) is 19.1 Å². The molecule has 0 spiro atoms. The van der Waals surface area contributed by atoms with E-state index in [1.54, 1.807) is 6.07 Å². The number of amides is 1. The topological polar surface area (TPSA) is 83.6 Å². The zero-order valence-corrected chi connectivity index (χ0v) is 26.3. The van der Waals surface area contributed by atoms with E-state index in [9.17, 15) is 14.7 Å². The van der Waals surface area contributed by atoms with Crippen molar-refractivity contribution in [2.24, 2.45) is 13.0 Å². The lowest BCUT2D eigenvalue weighted by molar-refractivity contribution is -0.142. The van der Waals surface area contributed by atoms with Crippen molar-refractivity contribution >= 4 is 16.9 Å². The molecule has 0 unspecified atom stereocenters. The predicted molar refractivity (Wildman–Crippen MR) is 180 cm³/mol. The van der Waals surface area contributed by atoms with Crippen LogP contribution in [0.1, 0.15) is 36.3 Å². The zero-order valence-electron chi connectivity index (χ0n) is 26.3. The summed E-state index contributed by atoms with van der Waals surface area (Å²) < 4.78 is 3.33. The molecule has 3 aromatic carbocycles. The summed E-state index contributed by atoms with van der Waals surface area (Å²) in [6.07, 6.45) is 4.97. The molecule has 0 saturated carbocycles. The van der Waals surface area contributed by atoms with Crippen molar-refractivity contribution < 1.29 is 9.90 Å². The highest BCUT2D eigenvalue weighted by Gasteiger charge is 2.41. The molecule has 46 heavy (non-hydrogen) atoms. The van der Waals surface area contributed by atoms with Gasteiger partial charge in [0.1, 0.15) is 12.0 Å². The predicted octanol–water partition coefficient (Wildman–Crippen LogP) is 5.06. The number of rotatable bonds is 7. The summed E-state index contributed by atoms with van der Waals surface area (Å²) in [7, 11) is 1.86. The van der Waals surface area contributed by atoms with E-state index >= 15 is 0 Å². The third kappa shape index (κ3) is 6.15. The van der Waals surface area contributed by atoms with Gasteiger partial charge in [0.25, 0.3) is 5.56 Å². The summed E-state index contributed by atoms with van der Waals surface area (Å²) in [6.45, 7) is 3.61. The number of likely N-dealkylation sites (tertiary alicyclic amines) is 2. The Bertz CT molecular complexity index is 1880. The van der Waals surface area contributed by atoms with Crippen molar-refractivity contribution in [3.63, 3.8) is 0 Å². The van der Waals surface area contributed by atoms with Crippen LogP contribution in [0, 0.1) is 5.92 Å². The van der Waals surface area contributed by atoms with Gasteiger partial charge in [-0.15, -0.1) is 0 Å². The van der Waals surface area contributed by atoms with Crippen LogP contribution in [0.15, 0.2) is 108 Å². The van der Waals surface area contributed by atoms with E-state index in [-0.39, 0.29) is 29.8 Å². The molecular formula is C38H41N5O3. The molecule has 2 aliphatic rings. The molecule has 2 atom stereocenters. The second kappa shape index (κ2) is 12.7. The van der Waals surface area contributed by atoms with Crippen molar-refractivity contribution in [2.45, 2.75) is 43.9 Å². The first kappa shape index (κ1) is 30.1.